The van der Waals surface area contributed by atoms with Crippen LogP contribution in [0.25, 0.3) is 11.2 Å². The minimum Gasteiger partial charge on any atom is -0.329 e. The summed E-state index contributed by atoms with van der Waals surface area (Å²) in [5, 5.41) is 0. The summed E-state index contributed by atoms with van der Waals surface area (Å²) < 4.78 is 2.93. The van der Waals surface area contributed by atoms with Gasteiger partial charge in [-0.05, 0) is 44.1 Å². The molecular weight excluding hydrogens is 218 g/mol. The van der Waals surface area contributed by atoms with Gasteiger partial charge in [-0.2, -0.15) is 0 Å². The van der Waals surface area contributed by atoms with Crippen LogP contribution in [0.2, 0.25) is 0 Å². The summed E-state index contributed by atoms with van der Waals surface area (Å²) in [6, 6.07) is 4.49. The van der Waals surface area contributed by atoms with Crippen molar-refractivity contribution in [1.29, 1.82) is 0 Å². The number of imidazole rings is 1. The summed E-state index contributed by atoms with van der Waals surface area (Å²) in [5.41, 5.74) is 3.04. The van der Waals surface area contributed by atoms with E-state index in [1.165, 1.54) is 0 Å². The first-order chi connectivity index (χ1) is 7.67. The number of aryl methyl sites for hydroxylation is 1. The number of H-pyrrole nitrogens is 1. The lowest BCUT2D eigenvalue weighted by atomic mass is 10.2. The molecule has 0 unspecified atom stereocenters. The lowest BCUT2D eigenvalue weighted by molar-refractivity contribution is 0.476. The molecule has 86 valence electrons. The second-order valence-electron chi connectivity index (χ2n) is 4.09. The second-order valence-corrected chi connectivity index (χ2v) is 4.48. The van der Waals surface area contributed by atoms with Gasteiger partial charge >= 0.3 is 0 Å². The number of aromatic amines is 1. The van der Waals surface area contributed by atoms with Crippen LogP contribution in [-0.4, -0.2) is 14.5 Å². The average molecular weight is 235 g/mol. The van der Waals surface area contributed by atoms with Crippen LogP contribution in [0.1, 0.15) is 38.4 Å². The third-order valence-corrected chi connectivity index (χ3v) is 3.31. The highest BCUT2D eigenvalue weighted by atomic mass is 32.1. The van der Waals surface area contributed by atoms with Crippen LogP contribution in [-0.2, 0) is 0 Å². The smallest absolute Gasteiger partial charge is 0.179 e. The summed E-state index contributed by atoms with van der Waals surface area (Å²) in [5.74, 6) is 0. The third-order valence-electron chi connectivity index (χ3n) is 3.01. The molecule has 0 atom stereocenters. The van der Waals surface area contributed by atoms with Gasteiger partial charge in [0.25, 0.3) is 0 Å². The lowest BCUT2D eigenvalue weighted by Crippen LogP contribution is -2.07. The van der Waals surface area contributed by atoms with Crippen molar-refractivity contribution in [3.05, 3.63) is 22.6 Å². The number of pyridine rings is 1. The standard InChI is InChI=1S/C12H17N3S/c1-4-9(5-2)15-11-10(14-12(15)16)7-6-8(3)13-11/h6-7,9H,4-5H2,1-3H3,(H,14,16). The van der Waals surface area contributed by atoms with Crippen molar-refractivity contribution in [1.82, 2.24) is 14.5 Å². The summed E-state index contributed by atoms with van der Waals surface area (Å²) >= 11 is 5.37. The molecule has 0 aromatic carbocycles. The first kappa shape index (κ1) is 11.3. The average Bonchev–Trinajstić information content (AvgIpc) is 2.58. The monoisotopic (exact) mass is 235 g/mol. The van der Waals surface area contributed by atoms with Crippen LogP contribution in [0.5, 0.6) is 0 Å². The second kappa shape index (κ2) is 4.37. The molecule has 1 N–H and O–H groups in total. The van der Waals surface area contributed by atoms with E-state index in [4.69, 9.17) is 12.2 Å². The molecule has 4 heteroatoms. The van der Waals surface area contributed by atoms with Crippen LogP contribution in [0, 0.1) is 11.7 Å². The minimum absolute atomic E-state index is 0.440. The molecule has 2 aromatic rings. The Labute approximate surface area is 101 Å². The Bertz CT molecular complexity index is 549. The van der Waals surface area contributed by atoms with Gasteiger partial charge in [-0.15, -0.1) is 0 Å². The first-order valence-electron chi connectivity index (χ1n) is 5.75. The van der Waals surface area contributed by atoms with Gasteiger partial charge in [-0.3, -0.25) is 4.57 Å². The molecule has 0 aliphatic heterocycles. The summed E-state index contributed by atoms with van der Waals surface area (Å²) in [7, 11) is 0. The van der Waals surface area contributed by atoms with Gasteiger partial charge in [0.2, 0.25) is 0 Å². The Hall–Kier alpha value is -1.16. The summed E-state index contributed by atoms with van der Waals surface area (Å²) in [6.45, 7) is 6.38. The molecule has 2 heterocycles. The fraction of sp³-hybridized carbons (Fsp3) is 0.500. The van der Waals surface area contributed by atoms with Gasteiger partial charge in [-0.25, -0.2) is 4.98 Å². The molecule has 0 fully saturated rings. The Morgan fingerprint density at radius 1 is 1.38 bits per heavy atom. The van der Waals surface area contributed by atoms with Crippen molar-refractivity contribution in [2.24, 2.45) is 0 Å². The van der Waals surface area contributed by atoms with E-state index in [1.807, 2.05) is 19.1 Å². The van der Waals surface area contributed by atoms with Crippen LogP contribution in [0.3, 0.4) is 0 Å². The highest BCUT2D eigenvalue weighted by Gasteiger charge is 2.12. The van der Waals surface area contributed by atoms with E-state index in [1.54, 1.807) is 0 Å². The molecule has 2 rings (SSSR count). The van der Waals surface area contributed by atoms with Crippen LogP contribution in [0.15, 0.2) is 12.1 Å². The SMILES string of the molecule is CCC(CC)n1c(=S)[nH]c2ccc(C)nc21. The molecule has 2 aromatic heterocycles. The summed E-state index contributed by atoms with van der Waals surface area (Å²) in [4.78, 5) is 7.80. The normalized spacial score (nSPS) is 11.5. The van der Waals surface area contributed by atoms with Crippen molar-refractivity contribution in [3.8, 4) is 0 Å². The molecule has 3 nitrogen and oxygen atoms in total. The van der Waals surface area contributed by atoms with Gasteiger partial charge < -0.3 is 4.98 Å². The van der Waals surface area contributed by atoms with Crippen molar-refractivity contribution in [3.63, 3.8) is 0 Å². The Morgan fingerprint density at radius 3 is 2.69 bits per heavy atom. The maximum absolute atomic E-state index is 5.37. The van der Waals surface area contributed by atoms with Crippen molar-refractivity contribution >= 4 is 23.4 Å². The Morgan fingerprint density at radius 2 is 2.06 bits per heavy atom. The molecule has 0 bridgehead atoms. The van der Waals surface area contributed by atoms with Crippen LogP contribution in [0.4, 0.5) is 0 Å². The van der Waals surface area contributed by atoms with E-state index < -0.39 is 0 Å². The molecule has 0 radical (unpaired) electrons. The number of nitrogens with zero attached hydrogens (tertiary/aromatic N) is 2. The predicted molar refractivity (Wildman–Crippen MR) is 69.3 cm³/mol. The number of rotatable bonds is 3. The van der Waals surface area contributed by atoms with Gasteiger partial charge in [0.15, 0.2) is 10.4 Å². The number of hydrogen-bond acceptors (Lipinski definition) is 2. The Kier molecular flexibility index (Phi) is 3.10. The van der Waals surface area contributed by atoms with E-state index in [9.17, 15) is 0 Å². The van der Waals surface area contributed by atoms with E-state index in [0.717, 1.165) is 34.5 Å². The quantitative estimate of drug-likeness (QED) is 0.822. The molecule has 16 heavy (non-hydrogen) atoms. The molecule has 0 aliphatic carbocycles. The number of hydrogen-bond donors (Lipinski definition) is 1. The van der Waals surface area contributed by atoms with Gasteiger partial charge in [0, 0.05) is 11.7 Å². The lowest BCUT2D eigenvalue weighted by Gasteiger charge is -2.14. The molecule has 0 aliphatic rings. The number of aromatic nitrogens is 3. The van der Waals surface area contributed by atoms with Crippen molar-refractivity contribution in [2.45, 2.75) is 39.7 Å². The highest BCUT2D eigenvalue weighted by molar-refractivity contribution is 7.71. The first-order valence-corrected chi connectivity index (χ1v) is 6.16. The van der Waals surface area contributed by atoms with E-state index in [-0.39, 0.29) is 0 Å². The maximum atomic E-state index is 5.37. The predicted octanol–water partition coefficient (Wildman–Crippen LogP) is 3.76. The van der Waals surface area contributed by atoms with Crippen molar-refractivity contribution in [2.75, 3.05) is 0 Å². The van der Waals surface area contributed by atoms with E-state index in [2.05, 4.69) is 28.4 Å². The number of nitrogens with one attached hydrogen (secondary N) is 1. The van der Waals surface area contributed by atoms with Crippen LogP contribution < -0.4 is 0 Å². The Balaban J connectivity index is 2.71. The zero-order chi connectivity index (χ0) is 11.7. The molecule has 0 saturated heterocycles. The minimum atomic E-state index is 0.440. The fourth-order valence-corrected chi connectivity index (χ4v) is 2.43. The highest BCUT2D eigenvalue weighted by Crippen LogP contribution is 2.22. The maximum Gasteiger partial charge on any atom is 0.179 e. The van der Waals surface area contributed by atoms with E-state index in [0.29, 0.717) is 6.04 Å². The molecule has 0 spiro atoms. The molecule has 0 amide bonds. The summed E-state index contributed by atoms with van der Waals surface area (Å²) in [6.07, 6.45) is 2.15. The molecule has 0 saturated carbocycles. The topological polar surface area (TPSA) is 33.6 Å². The van der Waals surface area contributed by atoms with Gasteiger partial charge in [-0.1, -0.05) is 13.8 Å². The van der Waals surface area contributed by atoms with Gasteiger partial charge in [0.05, 0.1) is 5.52 Å². The van der Waals surface area contributed by atoms with Crippen LogP contribution >= 0.6 is 12.2 Å². The zero-order valence-corrected chi connectivity index (χ0v) is 10.8. The zero-order valence-electron chi connectivity index (χ0n) is 9.95. The van der Waals surface area contributed by atoms with Gasteiger partial charge in [0.1, 0.15) is 0 Å². The fourth-order valence-electron chi connectivity index (χ4n) is 2.09. The molecular formula is C12H17N3S. The largest absolute Gasteiger partial charge is 0.329 e. The van der Waals surface area contributed by atoms with Crippen molar-refractivity contribution < 1.29 is 0 Å². The number of fused-ring (bicyclic) bond motifs is 1. The third kappa shape index (κ3) is 1.78. The van der Waals surface area contributed by atoms with E-state index >= 15 is 0 Å².